The molecule has 1 aliphatic heterocycles. The largest absolute Gasteiger partial charge is 0.466 e. The molecule has 2 amide bonds. The highest BCUT2D eigenvalue weighted by atomic mass is 16.5. The Kier molecular flexibility index (Phi) is 9.03. The summed E-state index contributed by atoms with van der Waals surface area (Å²) < 4.78 is 6.87. The molecule has 0 unspecified atom stereocenters. The first kappa shape index (κ1) is 24.4. The second kappa shape index (κ2) is 11.5. The highest BCUT2D eigenvalue weighted by Gasteiger charge is 2.29. The Balaban J connectivity index is 1.81. The van der Waals surface area contributed by atoms with Gasteiger partial charge in [-0.2, -0.15) is 10.4 Å². The molecular formula is C22H33N5O4. The molecule has 0 aromatic carbocycles. The van der Waals surface area contributed by atoms with Gasteiger partial charge < -0.3 is 14.5 Å². The van der Waals surface area contributed by atoms with Crippen molar-refractivity contribution in [3.8, 4) is 6.07 Å². The van der Waals surface area contributed by atoms with Gasteiger partial charge >= 0.3 is 5.97 Å². The van der Waals surface area contributed by atoms with Crippen LogP contribution < -0.4 is 0 Å². The van der Waals surface area contributed by atoms with Crippen molar-refractivity contribution < 1.29 is 19.1 Å². The predicted molar refractivity (Wildman–Crippen MR) is 114 cm³/mol. The summed E-state index contributed by atoms with van der Waals surface area (Å²) >= 11 is 0. The zero-order valence-electron chi connectivity index (χ0n) is 19.0. The third kappa shape index (κ3) is 6.54. The molecule has 0 bridgehead atoms. The van der Waals surface area contributed by atoms with E-state index in [2.05, 4.69) is 11.2 Å². The average molecular weight is 432 g/mol. The second-order valence-electron chi connectivity index (χ2n) is 7.94. The molecule has 1 saturated heterocycles. The van der Waals surface area contributed by atoms with E-state index < -0.39 is 0 Å². The van der Waals surface area contributed by atoms with Gasteiger partial charge in [0.2, 0.25) is 11.8 Å². The second-order valence-corrected chi connectivity index (χ2v) is 7.94. The van der Waals surface area contributed by atoms with Crippen LogP contribution in [0.5, 0.6) is 0 Å². The van der Waals surface area contributed by atoms with Gasteiger partial charge in [-0.1, -0.05) is 0 Å². The third-order valence-electron chi connectivity index (χ3n) is 5.82. The Morgan fingerprint density at radius 1 is 1.26 bits per heavy atom. The van der Waals surface area contributed by atoms with Gasteiger partial charge in [-0.05, 0) is 45.6 Å². The lowest BCUT2D eigenvalue weighted by Gasteiger charge is -2.32. The van der Waals surface area contributed by atoms with Gasteiger partial charge in [0.05, 0.1) is 43.8 Å². The lowest BCUT2D eigenvalue weighted by atomic mass is 9.97. The van der Waals surface area contributed by atoms with E-state index in [9.17, 15) is 14.4 Å². The lowest BCUT2D eigenvalue weighted by molar-refractivity contribution is -0.151. The van der Waals surface area contributed by atoms with Gasteiger partial charge in [-0.15, -0.1) is 0 Å². The summed E-state index contributed by atoms with van der Waals surface area (Å²) in [5.41, 5.74) is 2.86. The van der Waals surface area contributed by atoms with E-state index in [-0.39, 0.29) is 30.2 Å². The van der Waals surface area contributed by atoms with Crippen LogP contribution in [0.4, 0.5) is 0 Å². The molecule has 1 aliphatic rings. The number of nitriles is 1. The molecule has 9 nitrogen and oxygen atoms in total. The van der Waals surface area contributed by atoms with Crippen molar-refractivity contribution in [3.05, 3.63) is 17.0 Å². The number of ether oxygens (including phenoxy) is 1. The quantitative estimate of drug-likeness (QED) is 0.550. The highest BCUT2D eigenvalue weighted by Crippen LogP contribution is 2.19. The smallest absolute Gasteiger partial charge is 0.309 e. The first-order valence-corrected chi connectivity index (χ1v) is 10.9. The van der Waals surface area contributed by atoms with Crippen molar-refractivity contribution in [2.75, 3.05) is 33.3 Å². The number of piperidine rings is 1. The van der Waals surface area contributed by atoms with E-state index in [1.165, 1.54) is 4.90 Å². The van der Waals surface area contributed by atoms with Gasteiger partial charge in [-0.3, -0.25) is 19.1 Å². The number of aryl methyl sites for hydroxylation is 2. The lowest BCUT2D eigenvalue weighted by Crippen LogP contribution is -2.45. The number of hydrogen-bond donors (Lipinski definition) is 0. The van der Waals surface area contributed by atoms with Crippen LogP contribution >= 0.6 is 0 Å². The number of amides is 2. The minimum absolute atomic E-state index is 0.0301. The monoisotopic (exact) mass is 431 g/mol. The first-order chi connectivity index (χ1) is 14.8. The molecule has 0 aliphatic carbocycles. The summed E-state index contributed by atoms with van der Waals surface area (Å²) in [5, 5.41) is 13.2. The van der Waals surface area contributed by atoms with Crippen molar-refractivity contribution >= 4 is 17.8 Å². The number of rotatable bonds is 9. The molecular weight excluding hydrogens is 398 g/mol. The van der Waals surface area contributed by atoms with Crippen molar-refractivity contribution in [1.29, 1.82) is 5.26 Å². The molecule has 0 saturated carbocycles. The zero-order chi connectivity index (χ0) is 23.0. The highest BCUT2D eigenvalue weighted by molar-refractivity contribution is 5.85. The Hall–Kier alpha value is -2.89. The van der Waals surface area contributed by atoms with Crippen molar-refractivity contribution in [2.45, 2.75) is 59.4 Å². The third-order valence-corrected chi connectivity index (χ3v) is 5.82. The molecule has 1 aromatic heterocycles. The van der Waals surface area contributed by atoms with Gasteiger partial charge in [0.15, 0.2) is 0 Å². The number of carbonyl (C=O) groups is 3. The Labute approximate surface area is 183 Å². The maximum absolute atomic E-state index is 12.6. The number of esters is 1. The number of hydrogen-bond acceptors (Lipinski definition) is 6. The fourth-order valence-corrected chi connectivity index (χ4v) is 3.91. The zero-order valence-corrected chi connectivity index (χ0v) is 19.0. The molecule has 1 aromatic rings. The molecule has 0 atom stereocenters. The maximum Gasteiger partial charge on any atom is 0.309 e. The molecule has 0 spiro atoms. The van der Waals surface area contributed by atoms with Crippen molar-refractivity contribution in [1.82, 2.24) is 19.6 Å². The summed E-state index contributed by atoms with van der Waals surface area (Å²) in [6.07, 6.45) is 2.42. The van der Waals surface area contributed by atoms with Gasteiger partial charge in [0.25, 0.3) is 0 Å². The standard InChI is InChI=1S/C22H33N5O4/c1-5-31-22(30)18-9-13-26(14-10-18)21(29)15-25(4)20(28)8-7-19-16(2)24-27(17(19)3)12-6-11-23/h18H,5-10,12-15H2,1-4H3. The van der Waals surface area contributed by atoms with Gasteiger partial charge in [0.1, 0.15) is 0 Å². The van der Waals surface area contributed by atoms with Crippen LogP contribution in [0.15, 0.2) is 0 Å². The number of aromatic nitrogens is 2. The Bertz CT molecular complexity index is 834. The molecule has 31 heavy (non-hydrogen) atoms. The summed E-state index contributed by atoms with van der Waals surface area (Å²) in [6, 6.07) is 2.12. The number of likely N-dealkylation sites (N-methyl/N-ethyl adjacent to an activating group) is 1. The Morgan fingerprint density at radius 3 is 2.55 bits per heavy atom. The molecule has 9 heteroatoms. The first-order valence-electron chi connectivity index (χ1n) is 10.9. The van der Waals surface area contributed by atoms with Gasteiger partial charge in [0, 0.05) is 32.3 Å². The minimum atomic E-state index is -0.191. The van der Waals surface area contributed by atoms with Crippen LogP contribution in [0.2, 0.25) is 0 Å². The van der Waals surface area contributed by atoms with Gasteiger partial charge in [-0.25, -0.2) is 0 Å². The van der Waals surface area contributed by atoms with Crippen LogP contribution in [-0.2, 0) is 32.1 Å². The van der Waals surface area contributed by atoms with E-state index in [0.29, 0.717) is 58.3 Å². The van der Waals surface area contributed by atoms with Crippen LogP contribution in [0.25, 0.3) is 0 Å². The summed E-state index contributed by atoms with van der Waals surface area (Å²) in [6.45, 7) is 7.58. The minimum Gasteiger partial charge on any atom is -0.466 e. The normalized spacial score (nSPS) is 14.2. The fraction of sp³-hybridized carbons (Fsp3) is 0.682. The number of nitrogens with zero attached hydrogens (tertiary/aromatic N) is 5. The van der Waals surface area contributed by atoms with Crippen molar-refractivity contribution in [2.24, 2.45) is 5.92 Å². The molecule has 1 fully saturated rings. The molecule has 0 N–H and O–H groups in total. The van der Waals surface area contributed by atoms with E-state index in [1.54, 1.807) is 18.9 Å². The predicted octanol–water partition coefficient (Wildman–Crippen LogP) is 1.61. The molecule has 2 rings (SSSR count). The van der Waals surface area contributed by atoms with Crippen LogP contribution in [-0.4, -0.2) is 70.7 Å². The molecule has 2 heterocycles. The maximum atomic E-state index is 12.6. The SMILES string of the molecule is CCOC(=O)C1CCN(C(=O)CN(C)C(=O)CCc2c(C)nn(CCC#N)c2C)CC1. The van der Waals surface area contributed by atoms with Crippen LogP contribution in [0, 0.1) is 31.1 Å². The van der Waals surface area contributed by atoms with Crippen LogP contribution in [0.1, 0.15) is 49.6 Å². The Morgan fingerprint density at radius 2 is 1.94 bits per heavy atom. The van der Waals surface area contributed by atoms with E-state index in [4.69, 9.17) is 10.00 Å². The van der Waals surface area contributed by atoms with E-state index in [0.717, 1.165) is 17.0 Å². The van der Waals surface area contributed by atoms with E-state index in [1.807, 2.05) is 18.5 Å². The number of likely N-dealkylation sites (tertiary alicyclic amines) is 1. The average Bonchev–Trinajstić information content (AvgIpc) is 3.03. The summed E-state index contributed by atoms with van der Waals surface area (Å²) in [4.78, 5) is 40.2. The summed E-state index contributed by atoms with van der Waals surface area (Å²) in [5.74, 6) is -0.541. The molecule has 170 valence electrons. The topological polar surface area (TPSA) is 109 Å². The summed E-state index contributed by atoms with van der Waals surface area (Å²) in [7, 11) is 1.64. The number of carbonyl (C=O) groups excluding carboxylic acids is 3. The fourth-order valence-electron chi connectivity index (χ4n) is 3.91. The van der Waals surface area contributed by atoms with E-state index >= 15 is 0 Å². The van der Waals surface area contributed by atoms with Crippen molar-refractivity contribution in [3.63, 3.8) is 0 Å². The molecule has 0 radical (unpaired) electrons. The van der Waals surface area contributed by atoms with Crippen LogP contribution in [0.3, 0.4) is 0 Å².